The maximum atomic E-state index is 5.27. The normalized spacial score (nSPS) is 13.8. The van der Waals surface area contributed by atoms with Crippen LogP contribution in [0.4, 0.5) is 0 Å². The fraction of sp³-hybridized carbons (Fsp3) is 0.0811. The summed E-state index contributed by atoms with van der Waals surface area (Å²) in [5.74, 6) is 0.697. The Morgan fingerprint density at radius 1 is 0.634 bits per heavy atom. The van der Waals surface area contributed by atoms with Crippen molar-refractivity contribution in [1.29, 1.82) is 0 Å². The van der Waals surface area contributed by atoms with Gasteiger partial charge < -0.3 is 0 Å². The summed E-state index contributed by atoms with van der Waals surface area (Å²) in [5.41, 5.74) is 9.37. The van der Waals surface area contributed by atoms with E-state index >= 15 is 0 Å². The SMILES string of the molecule is CC1(C)c2ccc3c(c2-c2sc4ccccc4c21)c1ccccc1n3-c1nc(-c2ccccc2)c2ccccc2n1. The third kappa shape index (κ3) is 3.03. The molecule has 8 aromatic rings. The first-order chi connectivity index (χ1) is 20.1. The maximum absolute atomic E-state index is 5.27. The van der Waals surface area contributed by atoms with Gasteiger partial charge in [-0.3, -0.25) is 4.57 Å². The third-order valence-corrected chi connectivity index (χ3v) is 9.99. The van der Waals surface area contributed by atoms with Crippen molar-refractivity contribution in [2.45, 2.75) is 19.3 Å². The second-order valence-electron chi connectivity index (χ2n) is 11.4. The Bertz CT molecular complexity index is 2340. The van der Waals surface area contributed by atoms with Gasteiger partial charge in [-0.15, -0.1) is 11.3 Å². The molecule has 3 heterocycles. The first-order valence-electron chi connectivity index (χ1n) is 14.0. The number of thiophene rings is 1. The molecule has 5 aromatic carbocycles. The minimum Gasteiger partial charge on any atom is -0.278 e. The quantitative estimate of drug-likeness (QED) is 0.217. The van der Waals surface area contributed by atoms with Gasteiger partial charge >= 0.3 is 0 Å². The average molecular weight is 544 g/mol. The highest BCUT2D eigenvalue weighted by atomic mass is 32.1. The third-order valence-electron chi connectivity index (χ3n) is 8.80. The number of para-hydroxylation sites is 2. The van der Waals surface area contributed by atoms with Gasteiger partial charge in [0.25, 0.3) is 0 Å². The van der Waals surface area contributed by atoms with Gasteiger partial charge in [-0.25, -0.2) is 9.97 Å². The summed E-state index contributed by atoms with van der Waals surface area (Å²) >= 11 is 1.92. The van der Waals surface area contributed by atoms with E-state index in [1.807, 2.05) is 17.4 Å². The second kappa shape index (κ2) is 8.12. The molecule has 0 atom stereocenters. The van der Waals surface area contributed by atoms with Gasteiger partial charge in [-0.2, -0.15) is 0 Å². The summed E-state index contributed by atoms with van der Waals surface area (Å²) in [6.45, 7) is 4.75. The number of hydrogen-bond acceptors (Lipinski definition) is 3. The van der Waals surface area contributed by atoms with Crippen molar-refractivity contribution in [2.75, 3.05) is 0 Å². The smallest absolute Gasteiger partial charge is 0.235 e. The maximum Gasteiger partial charge on any atom is 0.235 e. The Labute approximate surface area is 241 Å². The molecule has 0 aliphatic heterocycles. The van der Waals surface area contributed by atoms with E-state index in [0.29, 0.717) is 5.95 Å². The molecule has 1 aliphatic rings. The molecule has 194 valence electrons. The standard InChI is InChI=1S/C37H25N3S/c1-37(2)26-20-21-29-31(32(26)35-33(37)25-16-8-11-19-30(25)41-35)24-15-7-10-18-28(24)40(29)36-38-27-17-9-6-14-23(27)34(39-36)22-12-4-3-5-13-22/h3-21H,1-2H3. The summed E-state index contributed by atoms with van der Waals surface area (Å²) in [4.78, 5) is 11.8. The zero-order valence-electron chi connectivity index (χ0n) is 22.7. The van der Waals surface area contributed by atoms with Gasteiger partial charge in [0.15, 0.2) is 0 Å². The summed E-state index contributed by atoms with van der Waals surface area (Å²) in [6, 6.07) is 41.0. The molecule has 0 N–H and O–H groups in total. The first-order valence-corrected chi connectivity index (χ1v) is 14.8. The predicted octanol–water partition coefficient (Wildman–Crippen LogP) is 9.91. The van der Waals surface area contributed by atoms with E-state index in [9.17, 15) is 0 Å². The van der Waals surface area contributed by atoms with E-state index in [1.165, 1.54) is 42.4 Å². The highest BCUT2D eigenvalue weighted by Gasteiger charge is 2.40. The van der Waals surface area contributed by atoms with E-state index in [0.717, 1.165) is 33.2 Å². The van der Waals surface area contributed by atoms with Crippen molar-refractivity contribution in [3.63, 3.8) is 0 Å². The lowest BCUT2D eigenvalue weighted by Gasteiger charge is -2.21. The van der Waals surface area contributed by atoms with Crippen LogP contribution in [0.2, 0.25) is 0 Å². The summed E-state index contributed by atoms with van der Waals surface area (Å²) in [6.07, 6.45) is 0. The van der Waals surface area contributed by atoms with Crippen LogP contribution in [-0.2, 0) is 5.41 Å². The van der Waals surface area contributed by atoms with Gasteiger partial charge in [-0.1, -0.05) is 105 Å². The summed E-state index contributed by atoms with van der Waals surface area (Å²) in [7, 11) is 0. The van der Waals surface area contributed by atoms with Crippen molar-refractivity contribution in [2.24, 2.45) is 0 Å². The molecule has 0 bridgehead atoms. The van der Waals surface area contributed by atoms with Crippen LogP contribution in [0.3, 0.4) is 0 Å². The fourth-order valence-corrected chi connectivity index (χ4v) is 8.42. The molecule has 0 amide bonds. The fourth-order valence-electron chi connectivity index (χ4n) is 6.99. The topological polar surface area (TPSA) is 30.7 Å². The Kier molecular flexibility index (Phi) is 4.55. The van der Waals surface area contributed by atoms with Crippen molar-refractivity contribution >= 4 is 54.1 Å². The molecule has 3 nitrogen and oxygen atoms in total. The van der Waals surface area contributed by atoms with Crippen molar-refractivity contribution in [3.05, 3.63) is 126 Å². The monoisotopic (exact) mass is 543 g/mol. The van der Waals surface area contributed by atoms with E-state index in [4.69, 9.17) is 9.97 Å². The number of benzene rings is 5. The second-order valence-corrected chi connectivity index (χ2v) is 12.5. The van der Waals surface area contributed by atoms with Crippen LogP contribution in [0.1, 0.15) is 25.0 Å². The van der Waals surface area contributed by atoms with Gasteiger partial charge in [0.1, 0.15) is 0 Å². The Balaban J connectivity index is 1.42. The van der Waals surface area contributed by atoms with Crippen LogP contribution in [0.5, 0.6) is 0 Å². The lowest BCUT2D eigenvalue weighted by molar-refractivity contribution is 0.667. The number of nitrogens with zero attached hydrogens (tertiary/aromatic N) is 3. The molecular formula is C37H25N3S. The number of hydrogen-bond donors (Lipinski definition) is 0. The zero-order chi connectivity index (χ0) is 27.3. The highest BCUT2D eigenvalue weighted by Crippen LogP contribution is 2.58. The predicted molar refractivity (Wildman–Crippen MR) is 172 cm³/mol. The number of rotatable bonds is 2. The van der Waals surface area contributed by atoms with Crippen LogP contribution in [0.25, 0.3) is 70.4 Å². The molecular weight excluding hydrogens is 518 g/mol. The average Bonchev–Trinajstić information content (AvgIpc) is 3.63. The van der Waals surface area contributed by atoms with Gasteiger partial charge in [0.05, 0.1) is 22.2 Å². The molecule has 41 heavy (non-hydrogen) atoms. The highest BCUT2D eigenvalue weighted by molar-refractivity contribution is 7.22. The van der Waals surface area contributed by atoms with Crippen LogP contribution in [-0.4, -0.2) is 14.5 Å². The molecule has 1 aliphatic carbocycles. The molecule has 0 radical (unpaired) electrons. The Hall–Kier alpha value is -4.80. The van der Waals surface area contributed by atoms with E-state index in [2.05, 4.69) is 128 Å². The van der Waals surface area contributed by atoms with Gasteiger partial charge in [-0.05, 0) is 40.8 Å². The molecule has 0 saturated carbocycles. The number of fused-ring (bicyclic) bond motifs is 10. The minimum atomic E-state index is -0.0818. The number of aromatic nitrogens is 3. The van der Waals surface area contributed by atoms with Crippen molar-refractivity contribution in [3.8, 4) is 27.6 Å². The molecule has 3 aromatic heterocycles. The molecule has 0 unspecified atom stereocenters. The molecule has 0 spiro atoms. The molecule has 0 fully saturated rings. The van der Waals surface area contributed by atoms with E-state index < -0.39 is 0 Å². The van der Waals surface area contributed by atoms with Crippen LogP contribution < -0.4 is 0 Å². The Morgan fingerprint density at radius 3 is 2.20 bits per heavy atom. The van der Waals surface area contributed by atoms with E-state index in [1.54, 1.807) is 0 Å². The lowest BCUT2D eigenvalue weighted by atomic mass is 9.81. The van der Waals surface area contributed by atoms with Crippen molar-refractivity contribution in [1.82, 2.24) is 14.5 Å². The minimum absolute atomic E-state index is 0.0818. The summed E-state index contributed by atoms with van der Waals surface area (Å²) < 4.78 is 3.62. The van der Waals surface area contributed by atoms with Crippen LogP contribution in [0, 0.1) is 0 Å². The van der Waals surface area contributed by atoms with Gasteiger partial charge in [0.2, 0.25) is 5.95 Å². The zero-order valence-corrected chi connectivity index (χ0v) is 23.5. The van der Waals surface area contributed by atoms with Crippen LogP contribution >= 0.6 is 11.3 Å². The van der Waals surface area contributed by atoms with E-state index in [-0.39, 0.29) is 5.41 Å². The van der Waals surface area contributed by atoms with Crippen molar-refractivity contribution < 1.29 is 0 Å². The molecule has 4 heteroatoms. The summed E-state index contributed by atoms with van der Waals surface area (Å²) in [5, 5.41) is 4.95. The molecule has 0 saturated heterocycles. The van der Waals surface area contributed by atoms with Gasteiger partial charge in [0, 0.05) is 42.3 Å². The first kappa shape index (κ1) is 23.0. The largest absolute Gasteiger partial charge is 0.278 e. The lowest BCUT2D eigenvalue weighted by Crippen LogP contribution is -2.14. The van der Waals surface area contributed by atoms with Crippen LogP contribution in [0.15, 0.2) is 115 Å². The molecule has 9 rings (SSSR count). The Morgan fingerprint density at radius 2 is 1.34 bits per heavy atom.